The number of fused-ring (bicyclic) bond motifs is 1. The van der Waals surface area contributed by atoms with Crippen LogP contribution in [0.3, 0.4) is 0 Å². The van der Waals surface area contributed by atoms with E-state index in [0.29, 0.717) is 58.2 Å². The first-order chi connectivity index (χ1) is 20.2. The maximum Gasteiger partial charge on any atom is 0.237 e. The minimum atomic E-state index is -0.250. The molecular formula is C33H47N5O4. The Labute approximate surface area is 250 Å². The van der Waals surface area contributed by atoms with Crippen LogP contribution in [0, 0.1) is 12.8 Å². The molecule has 0 radical (unpaired) electrons. The number of piperidine rings is 1. The predicted molar refractivity (Wildman–Crippen MR) is 165 cm³/mol. The van der Waals surface area contributed by atoms with Crippen molar-refractivity contribution in [1.29, 1.82) is 0 Å². The average molecular weight is 578 g/mol. The van der Waals surface area contributed by atoms with Crippen LogP contribution >= 0.6 is 0 Å². The van der Waals surface area contributed by atoms with Gasteiger partial charge in [0.05, 0.1) is 25.8 Å². The Balaban J connectivity index is 1.59. The number of methoxy groups -OCH3 is 1. The molecule has 0 saturated carbocycles. The molecule has 1 fully saturated rings. The predicted octanol–water partition coefficient (Wildman–Crippen LogP) is 3.22. The number of aryl methyl sites for hydroxylation is 1. The van der Waals surface area contributed by atoms with E-state index in [9.17, 15) is 14.4 Å². The summed E-state index contributed by atoms with van der Waals surface area (Å²) in [5, 5.41) is 0. The van der Waals surface area contributed by atoms with Gasteiger partial charge in [-0.2, -0.15) is 0 Å². The third-order valence-electron chi connectivity index (χ3n) is 8.68. The van der Waals surface area contributed by atoms with Crippen LogP contribution in [0.5, 0.6) is 5.75 Å². The number of nitrogens with zero attached hydrogens (tertiary/aromatic N) is 4. The van der Waals surface area contributed by atoms with Crippen LogP contribution in [0.2, 0.25) is 0 Å². The van der Waals surface area contributed by atoms with Gasteiger partial charge in [-0.3, -0.25) is 24.2 Å². The molecule has 2 N–H and O–H groups in total. The second-order valence-corrected chi connectivity index (χ2v) is 11.9. The summed E-state index contributed by atoms with van der Waals surface area (Å²) in [6.45, 7) is 11.4. The molecule has 2 heterocycles. The number of carbonyl (C=O) groups is 3. The molecule has 0 aromatic heterocycles. The lowest BCUT2D eigenvalue weighted by Crippen LogP contribution is -2.47. The molecule has 9 nitrogen and oxygen atoms in total. The van der Waals surface area contributed by atoms with E-state index in [2.05, 4.69) is 23.6 Å². The number of anilines is 1. The number of para-hydroxylation sites is 1. The lowest BCUT2D eigenvalue weighted by molar-refractivity contribution is -0.133. The minimum Gasteiger partial charge on any atom is -0.497 e. The molecule has 1 saturated heterocycles. The van der Waals surface area contributed by atoms with Crippen LogP contribution in [0.25, 0.3) is 0 Å². The fourth-order valence-corrected chi connectivity index (χ4v) is 6.08. The van der Waals surface area contributed by atoms with Crippen molar-refractivity contribution < 1.29 is 19.1 Å². The number of amides is 3. The highest BCUT2D eigenvalue weighted by Gasteiger charge is 2.28. The van der Waals surface area contributed by atoms with Gasteiger partial charge in [-0.1, -0.05) is 30.3 Å². The first-order valence-electron chi connectivity index (χ1n) is 15.2. The Morgan fingerprint density at radius 3 is 2.29 bits per heavy atom. The monoisotopic (exact) mass is 577 g/mol. The van der Waals surface area contributed by atoms with E-state index < -0.39 is 0 Å². The second-order valence-electron chi connectivity index (χ2n) is 11.9. The summed E-state index contributed by atoms with van der Waals surface area (Å²) < 4.78 is 5.29. The highest BCUT2D eigenvalue weighted by atomic mass is 16.5. The maximum atomic E-state index is 13.9. The Morgan fingerprint density at radius 2 is 1.64 bits per heavy atom. The summed E-state index contributed by atoms with van der Waals surface area (Å²) in [6.07, 6.45) is 2.51. The third-order valence-corrected chi connectivity index (χ3v) is 8.68. The van der Waals surface area contributed by atoms with Crippen molar-refractivity contribution in [3.8, 4) is 5.75 Å². The minimum absolute atomic E-state index is 0.0428. The Bertz CT molecular complexity index is 1220. The number of carbonyl (C=O) groups excluding carboxylic acids is 3. The van der Waals surface area contributed by atoms with Gasteiger partial charge in [0, 0.05) is 44.7 Å². The molecule has 2 aliphatic heterocycles. The molecular weight excluding hydrogens is 530 g/mol. The molecule has 2 aromatic rings. The summed E-state index contributed by atoms with van der Waals surface area (Å²) in [6, 6.07) is 14.1. The van der Waals surface area contributed by atoms with Crippen molar-refractivity contribution in [3.05, 3.63) is 59.2 Å². The van der Waals surface area contributed by atoms with Crippen molar-refractivity contribution in [2.75, 3.05) is 57.8 Å². The quantitative estimate of drug-likeness (QED) is 0.543. The van der Waals surface area contributed by atoms with Gasteiger partial charge in [-0.15, -0.1) is 0 Å². The molecule has 0 spiro atoms. The first kappa shape index (κ1) is 31.5. The lowest BCUT2D eigenvalue weighted by atomic mass is 9.96. The molecule has 228 valence electrons. The average Bonchev–Trinajstić information content (AvgIpc) is 3.00. The summed E-state index contributed by atoms with van der Waals surface area (Å²) >= 11 is 0. The normalized spacial score (nSPS) is 17.9. The van der Waals surface area contributed by atoms with E-state index in [1.54, 1.807) is 7.11 Å². The van der Waals surface area contributed by atoms with Gasteiger partial charge >= 0.3 is 0 Å². The molecule has 42 heavy (non-hydrogen) atoms. The van der Waals surface area contributed by atoms with Crippen LogP contribution in [0.15, 0.2) is 42.5 Å². The highest BCUT2D eigenvalue weighted by molar-refractivity contribution is 5.96. The summed E-state index contributed by atoms with van der Waals surface area (Å²) in [4.78, 5) is 47.7. The number of hydrogen-bond donors (Lipinski definition) is 1. The van der Waals surface area contributed by atoms with Gasteiger partial charge in [-0.05, 0) is 81.9 Å². The lowest BCUT2D eigenvalue weighted by Gasteiger charge is -2.34. The van der Waals surface area contributed by atoms with Gasteiger partial charge in [0.1, 0.15) is 5.75 Å². The number of benzene rings is 2. The van der Waals surface area contributed by atoms with E-state index in [4.69, 9.17) is 10.5 Å². The number of nitrogens with two attached hydrogens (primary N) is 1. The Morgan fingerprint density at radius 1 is 0.929 bits per heavy atom. The van der Waals surface area contributed by atoms with E-state index in [1.165, 1.54) is 0 Å². The van der Waals surface area contributed by atoms with Crippen molar-refractivity contribution in [1.82, 2.24) is 14.7 Å². The molecule has 0 bridgehead atoms. The van der Waals surface area contributed by atoms with Gasteiger partial charge in [0.25, 0.3) is 0 Å². The third kappa shape index (κ3) is 8.10. The number of likely N-dealkylation sites (tertiary alicyclic amines) is 1. The van der Waals surface area contributed by atoms with Crippen LogP contribution in [-0.2, 0) is 27.3 Å². The van der Waals surface area contributed by atoms with Crippen molar-refractivity contribution in [2.24, 2.45) is 11.7 Å². The number of ether oxygens (including phenoxy) is 1. The number of rotatable bonds is 7. The molecule has 0 unspecified atom stereocenters. The molecule has 0 aliphatic carbocycles. The van der Waals surface area contributed by atoms with Gasteiger partial charge in [0.15, 0.2) is 0 Å². The molecule has 3 amide bonds. The van der Waals surface area contributed by atoms with Crippen LogP contribution in [0.1, 0.15) is 49.8 Å². The maximum absolute atomic E-state index is 13.9. The fraction of sp³-hybridized carbons (Fsp3) is 0.545. The van der Waals surface area contributed by atoms with E-state index >= 15 is 0 Å². The summed E-state index contributed by atoms with van der Waals surface area (Å²) in [5.74, 6) is 0.517. The zero-order valence-corrected chi connectivity index (χ0v) is 25.7. The standard InChI is InChI=1S/C33H47N5O4/c1-24(2)36-15-6-16-38(30(39)21-26-9-11-29(42-4)12-10-26)32-25(3)7-5-8-28(32)22-37(20-19-36)31(40)23-35-17-13-27(14-18-35)33(34)41/h5,7-12,24,27H,6,13-23H2,1-4H3,(H2,34,41). The fourth-order valence-electron chi connectivity index (χ4n) is 6.08. The molecule has 4 rings (SSSR count). The van der Waals surface area contributed by atoms with Crippen LogP contribution in [0.4, 0.5) is 5.69 Å². The summed E-state index contributed by atoms with van der Waals surface area (Å²) in [5.41, 5.74) is 9.37. The topological polar surface area (TPSA) is 99.4 Å². The van der Waals surface area contributed by atoms with Crippen molar-refractivity contribution in [2.45, 2.75) is 59.0 Å². The van der Waals surface area contributed by atoms with Gasteiger partial charge in [0.2, 0.25) is 17.7 Å². The highest BCUT2D eigenvalue weighted by Crippen LogP contribution is 2.29. The van der Waals surface area contributed by atoms with E-state index in [0.717, 1.165) is 47.6 Å². The molecule has 2 aromatic carbocycles. The van der Waals surface area contributed by atoms with Crippen molar-refractivity contribution in [3.63, 3.8) is 0 Å². The van der Waals surface area contributed by atoms with E-state index in [-0.39, 0.29) is 30.1 Å². The zero-order valence-electron chi connectivity index (χ0n) is 25.7. The van der Waals surface area contributed by atoms with Gasteiger partial charge in [-0.25, -0.2) is 0 Å². The Hall–Kier alpha value is -3.43. The second kappa shape index (κ2) is 14.6. The smallest absolute Gasteiger partial charge is 0.237 e. The first-order valence-corrected chi connectivity index (χ1v) is 15.2. The molecule has 0 atom stereocenters. The van der Waals surface area contributed by atoms with Crippen LogP contribution in [-0.4, -0.2) is 91.4 Å². The SMILES string of the molecule is COc1ccc(CC(=O)N2CCCN(C(C)C)CCN(C(=O)CN3CCC(C(N)=O)CC3)Cc3cccc(C)c32)cc1. The zero-order chi connectivity index (χ0) is 30.2. The number of hydrogen-bond acceptors (Lipinski definition) is 6. The molecule has 9 heteroatoms. The van der Waals surface area contributed by atoms with Gasteiger partial charge < -0.3 is 20.3 Å². The van der Waals surface area contributed by atoms with E-state index in [1.807, 2.05) is 59.2 Å². The largest absolute Gasteiger partial charge is 0.497 e. The summed E-state index contributed by atoms with van der Waals surface area (Å²) in [7, 11) is 1.63. The number of primary amides is 1. The van der Waals surface area contributed by atoms with Crippen molar-refractivity contribution >= 4 is 23.4 Å². The van der Waals surface area contributed by atoms with Crippen LogP contribution < -0.4 is 15.4 Å². The Kier molecular flexibility index (Phi) is 11.0. The molecule has 2 aliphatic rings.